The highest BCUT2D eigenvalue weighted by molar-refractivity contribution is 7.89. The normalized spacial score (nSPS) is 16.5. The van der Waals surface area contributed by atoms with Gasteiger partial charge in [-0.3, -0.25) is 0 Å². The van der Waals surface area contributed by atoms with Gasteiger partial charge in [0.2, 0.25) is 10.0 Å². The molecule has 0 unspecified atom stereocenters. The van der Waals surface area contributed by atoms with Crippen LogP contribution in [-0.4, -0.2) is 39.5 Å². The minimum Gasteiger partial charge on any atom is -0.380 e. The number of nitrogens with zero attached hydrogens (tertiary/aromatic N) is 2. The summed E-state index contributed by atoms with van der Waals surface area (Å²) in [6.45, 7) is 1.36. The Morgan fingerprint density at radius 2 is 2.05 bits per heavy atom. The molecule has 5 nitrogen and oxygen atoms in total. The van der Waals surface area contributed by atoms with Gasteiger partial charge in [0.05, 0.1) is 23.1 Å². The third kappa shape index (κ3) is 3.07. The number of hydrogen-bond acceptors (Lipinski definition) is 4. The van der Waals surface area contributed by atoms with Crippen LogP contribution in [0.15, 0.2) is 40.8 Å². The highest BCUT2D eigenvalue weighted by Gasteiger charge is 2.25. The predicted molar refractivity (Wildman–Crippen MR) is 74.5 cm³/mol. The number of sulfonamides is 1. The second-order valence-corrected chi connectivity index (χ2v) is 6.48. The minimum absolute atomic E-state index is 0.222. The monoisotopic (exact) mass is 292 g/mol. The van der Waals surface area contributed by atoms with Gasteiger partial charge in [0.1, 0.15) is 0 Å². The second-order valence-electron chi connectivity index (χ2n) is 4.54. The lowest BCUT2D eigenvalue weighted by Crippen LogP contribution is -2.35. The van der Waals surface area contributed by atoms with Crippen molar-refractivity contribution in [1.29, 1.82) is 5.26 Å². The van der Waals surface area contributed by atoms with Crippen LogP contribution in [0.2, 0.25) is 0 Å². The molecule has 1 aliphatic rings. The molecule has 2 rings (SSSR count). The Morgan fingerprint density at radius 1 is 1.35 bits per heavy atom. The van der Waals surface area contributed by atoms with Crippen LogP contribution in [0.5, 0.6) is 0 Å². The fourth-order valence-electron chi connectivity index (χ4n) is 2.08. The Hall–Kier alpha value is -1.68. The summed E-state index contributed by atoms with van der Waals surface area (Å²) in [6, 6.07) is 7.96. The molecule has 0 aromatic heterocycles. The van der Waals surface area contributed by atoms with E-state index in [9.17, 15) is 8.42 Å². The fourth-order valence-corrected chi connectivity index (χ4v) is 3.46. The van der Waals surface area contributed by atoms with Crippen LogP contribution in [0.4, 0.5) is 0 Å². The molecule has 0 spiro atoms. The maximum Gasteiger partial charge on any atom is 0.243 e. The lowest BCUT2D eigenvalue weighted by atomic mass is 10.1. The smallest absolute Gasteiger partial charge is 0.243 e. The molecule has 1 aromatic carbocycles. The van der Waals surface area contributed by atoms with E-state index in [1.807, 2.05) is 12.1 Å². The van der Waals surface area contributed by atoms with Gasteiger partial charge in [-0.25, -0.2) is 8.42 Å². The fraction of sp³-hybridized carbons (Fsp3) is 0.357. The molecule has 0 bridgehead atoms. The summed E-state index contributed by atoms with van der Waals surface area (Å²) >= 11 is 0. The predicted octanol–water partition coefficient (Wildman–Crippen LogP) is 1.53. The minimum atomic E-state index is -3.49. The first kappa shape index (κ1) is 14.7. The van der Waals surface area contributed by atoms with Gasteiger partial charge >= 0.3 is 0 Å². The molecule has 0 N–H and O–H groups in total. The van der Waals surface area contributed by atoms with Crippen molar-refractivity contribution in [2.45, 2.75) is 11.3 Å². The van der Waals surface area contributed by atoms with Gasteiger partial charge in [-0.2, -0.15) is 9.57 Å². The number of nitriles is 1. The Labute approximate surface area is 119 Å². The standard InChI is InChI=1S/C14H16N2O3S/c1-19-11-13-6-8-16(9-7-13)20(17,18)14-4-2-12(10-15)3-5-14/h2-6H,7-9,11H2,1H3. The van der Waals surface area contributed by atoms with Crippen molar-refractivity contribution in [1.82, 2.24) is 4.31 Å². The van der Waals surface area contributed by atoms with Gasteiger partial charge in [0, 0.05) is 20.2 Å². The van der Waals surface area contributed by atoms with E-state index < -0.39 is 10.0 Å². The van der Waals surface area contributed by atoms with Crippen molar-refractivity contribution in [3.63, 3.8) is 0 Å². The Morgan fingerprint density at radius 3 is 2.55 bits per heavy atom. The first-order valence-electron chi connectivity index (χ1n) is 6.25. The van der Waals surface area contributed by atoms with E-state index >= 15 is 0 Å². The van der Waals surface area contributed by atoms with Crippen LogP contribution < -0.4 is 0 Å². The van der Waals surface area contributed by atoms with E-state index in [0.717, 1.165) is 5.57 Å². The third-order valence-corrected chi connectivity index (χ3v) is 5.10. The van der Waals surface area contributed by atoms with E-state index in [1.165, 1.54) is 28.6 Å². The molecule has 0 saturated heterocycles. The number of ether oxygens (including phenoxy) is 1. The molecule has 0 amide bonds. The van der Waals surface area contributed by atoms with Crippen molar-refractivity contribution in [3.8, 4) is 6.07 Å². The zero-order valence-electron chi connectivity index (χ0n) is 11.2. The van der Waals surface area contributed by atoms with E-state index in [1.54, 1.807) is 7.11 Å². The zero-order valence-corrected chi connectivity index (χ0v) is 12.1. The van der Waals surface area contributed by atoms with Gasteiger partial charge in [0.15, 0.2) is 0 Å². The lowest BCUT2D eigenvalue weighted by Gasteiger charge is -2.25. The summed E-state index contributed by atoms with van der Waals surface area (Å²) in [5, 5.41) is 8.73. The van der Waals surface area contributed by atoms with Crippen LogP contribution in [0.1, 0.15) is 12.0 Å². The van der Waals surface area contributed by atoms with E-state index in [4.69, 9.17) is 10.00 Å². The highest BCUT2D eigenvalue weighted by Crippen LogP contribution is 2.20. The third-order valence-electron chi connectivity index (χ3n) is 3.22. The SMILES string of the molecule is COCC1=CCN(S(=O)(=O)c2ccc(C#N)cc2)CC1. The highest BCUT2D eigenvalue weighted by atomic mass is 32.2. The molecule has 1 aliphatic heterocycles. The topological polar surface area (TPSA) is 70.4 Å². The van der Waals surface area contributed by atoms with E-state index in [0.29, 0.717) is 31.7 Å². The Kier molecular flexibility index (Phi) is 4.55. The number of rotatable bonds is 4. The average molecular weight is 292 g/mol. The molecule has 6 heteroatoms. The first-order chi connectivity index (χ1) is 9.57. The number of benzene rings is 1. The summed E-state index contributed by atoms with van der Waals surface area (Å²) in [4.78, 5) is 0.222. The molecule has 0 radical (unpaired) electrons. The maximum atomic E-state index is 12.4. The summed E-state index contributed by atoms with van der Waals surface area (Å²) in [5.74, 6) is 0. The molecule has 1 heterocycles. The molecular formula is C14H16N2O3S. The van der Waals surface area contributed by atoms with Gasteiger partial charge < -0.3 is 4.74 Å². The molecule has 0 aliphatic carbocycles. The second kappa shape index (κ2) is 6.18. The van der Waals surface area contributed by atoms with Crippen molar-refractivity contribution >= 4 is 10.0 Å². The molecule has 0 saturated carbocycles. The number of hydrogen-bond donors (Lipinski definition) is 0. The Balaban J connectivity index is 2.17. The molecule has 1 aromatic rings. The molecule has 20 heavy (non-hydrogen) atoms. The van der Waals surface area contributed by atoms with Crippen molar-refractivity contribution in [3.05, 3.63) is 41.5 Å². The summed E-state index contributed by atoms with van der Waals surface area (Å²) in [7, 11) is -1.86. The quantitative estimate of drug-likeness (QED) is 0.789. The van der Waals surface area contributed by atoms with Crippen molar-refractivity contribution in [2.24, 2.45) is 0 Å². The molecular weight excluding hydrogens is 276 g/mol. The van der Waals surface area contributed by atoms with Gasteiger partial charge in [0.25, 0.3) is 0 Å². The van der Waals surface area contributed by atoms with E-state index in [2.05, 4.69) is 0 Å². The summed E-state index contributed by atoms with van der Waals surface area (Å²) in [5.41, 5.74) is 1.57. The van der Waals surface area contributed by atoms with Gasteiger partial charge in [-0.05, 0) is 36.3 Å². The summed E-state index contributed by atoms with van der Waals surface area (Å²) < 4.78 is 31.4. The average Bonchev–Trinajstić information content (AvgIpc) is 2.48. The van der Waals surface area contributed by atoms with Crippen LogP contribution in [0.25, 0.3) is 0 Å². The van der Waals surface area contributed by atoms with Crippen LogP contribution in [0, 0.1) is 11.3 Å². The van der Waals surface area contributed by atoms with Crippen molar-refractivity contribution < 1.29 is 13.2 Å². The largest absolute Gasteiger partial charge is 0.380 e. The number of methoxy groups -OCH3 is 1. The first-order valence-corrected chi connectivity index (χ1v) is 7.69. The lowest BCUT2D eigenvalue weighted by molar-refractivity contribution is 0.219. The van der Waals surface area contributed by atoms with Gasteiger partial charge in [-0.15, -0.1) is 0 Å². The van der Waals surface area contributed by atoms with Crippen LogP contribution in [0.3, 0.4) is 0 Å². The van der Waals surface area contributed by atoms with Crippen LogP contribution in [-0.2, 0) is 14.8 Å². The maximum absolute atomic E-state index is 12.4. The van der Waals surface area contributed by atoms with Crippen molar-refractivity contribution in [2.75, 3.05) is 26.8 Å². The zero-order chi connectivity index (χ0) is 14.6. The van der Waals surface area contributed by atoms with E-state index in [-0.39, 0.29) is 4.90 Å². The summed E-state index contributed by atoms with van der Waals surface area (Å²) in [6.07, 6.45) is 2.58. The molecule has 106 valence electrons. The molecule has 0 fully saturated rings. The van der Waals surface area contributed by atoms with Crippen LogP contribution >= 0.6 is 0 Å². The van der Waals surface area contributed by atoms with Gasteiger partial charge in [-0.1, -0.05) is 6.08 Å². The Bertz CT molecular complexity index is 642. The molecule has 0 atom stereocenters.